The molecule has 1 amide bonds. The highest BCUT2D eigenvalue weighted by Gasteiger charge is 2.25. The number of rotatable bonds is 7. The van der Waals surface area contributed by atoms with E-state index < -0.39 is 12.0 Å². The molecule has 0 aliphatic rings. The second-order valence-corrected chi connectivity index (χ2v) is 5.01. The zero-order chi connectivity index (χ0) is 13.4. The van der Waals surface area contributed by atoms with Gasteiger partial charge < -0.3 is 15.4 Å². The number of nitrogens with zero attached hydrogens (tertiary/aromatic N) is 1. The number of carbonyl (C=O) groups is 2. The van der Waals surface area contributed by atoms with E-state index in [0.717, 1.165) is 5.75 Å². The number of methoxy groups -OCH3 is 1. The Morgan fingerprint density at radius 1 is 1.41 bits per heavy atom. The summed E-state index contributed by atoms with van der Waals surface area (Å²) in [5, 5.41) is 0. The van der Waals surface area contributed by atoms with Gasteiger partial charge in [0, 0.05) is 6.04 Å². The molecule has 0 radical (unpaired) electrons. The number of amides is 1. The molecule has 1 atom stereocenters. The van der Waals surface area contributed by atoms with Gasteiger partial charge >= 0.3 is 5.97 Å². The average Bonchev–Trinajstić information content (AvgIpc) is 2.31. The Balaban J connectivity index is 4.48. The Morgan fingerprint density at radius 2 is 2.00 bits per heavy atom. The highest BCUT2D eigenvalue weighted by atomic mass is 32.2. The second kappa shape index (κ2) is 8.36. The fourth-order valence-corrected chi connectivity index (χ4v) is 1.79. The Morgan fingerprint density at radius 3 is 2.41 bits per heavy atom. The van der Waals surface area contributed by atoms with Crippen molar-refractivity contribution in [3.63, 3.8) is 0 Å². The largest absolute Gasteiger partial charge is 0.468 e. The predicted molar refractivity (Wildman–Crippen MR) is 69.8 cm³/mol. The van der Waals surface area contributed by atoms with Crippen LogP contribution < -0.4 is 5.73 Å². The van der Waals surface area contributed by atoms with Crippen LogP contribution in [0.4, 0.5) is 0 Å². The van der Waals surface area contributed by atoms with E-state index in [1.165, 1.54) is 12.0 Å². The lowest BCUT2D eigenvalue weighted by molar-refractivity contribution is -0.148. The average molecular weight is 262 g/mol. The van der Waals surface area contributed by atoms with Gasteiger partial charge in [-0.15, -0.1) is 0 Å². The summed E-state index contributed by atoms with van der Waals surface area (Å²) < 4.78 is 4.56. The van der Waals surface area contributed by atoms with Gasteiger partial charge in [-0.25, -0.2) is 0 Å². The van der Waals surface area contributed by atoms with Crippen LogP contribution >= 0.6 is 11.8 Å². The molecule has 0 heterocycles. The quantitative estimate of drug-likeness (QED) is 0.676. The molecule has 0 aromatic rings. The van der Waals surface area contributed by atoms with Gasteiger partial charge in [-0.1, -0.05) is 0 Å². The Hall–Kier alpha value is -0.750. The molecule has 0 rings (SSSR count). The maximum absolute atomic E-state index is 12.0. The number of ether oxygens (including phenoxy) is 1. The molecule has 0 aromatic carbocycles. The molecule has 0 aromatic heterocycles. The Labute approximate surface area is 107 Å². The minimum absolute atomic E-state index is 0.0417. The van der Waals surface area contributed by atoms with Crippen molar-refractivity contribution in [2.45, 2.75) is 32.4 Å². The lowest BCUT2D eigenvalue weighted by Gasteiger charge is -2.28. The smallest absolute Gasteiger partial charge is 0.325 e. The van der Waals surface area contributed by atoms with Gasteiger partial charge in [-0.2, -0.15) is 11.8 Å². The number of esters is 1. The molecule has 5 nitrogen and oxygen atoms in total. The highest BCUT2D eigenvalue weighted by Crippen LogP contribution is 2.06. The molecule has 6 heteroatoms. The van der Waals surface area contributed by atoms with E-state index in [9.17, 15) is 9.59 Å². The number of nitrogens with two attached hydrogens (primary N) is 1. The lowest BCUT2D eigenvalue weighted by Crippen LogP contribution is -2.49. The van der Waals surface area contributed by atoms with Gasteiger partial charge in [0.2, 0.25) is 5.91 Å². The van der Waals surface area contributed by atoms with Crippen LogP contribution in [0, 0.1) is 0 Å². The monoisotopic (exact) mass is 262 g/mol. The first-order chi connectivity index (χ1) is 7.93. The van der Waals surface area contributed by atoms with Crippen molar-refractivity contribution in [2.75, 3.05) is 25.7 Å². The van der Waals surface area contributed by atoms with Crippen LogP contribution in [0.15, 0.2) is 0 Å². The Bertz CT molecular complexity index is 259. The van der Waals surface area contributed by atoms with E-state index in [-0.39, 0.29) is 18.5 Å². The molecule has 0 aliphatic carbocycles. The molecule has 0 spiro atoms. The van der Waals surface area contributed by atoms with E-state index in [2.05, 4.69) is 4.74 Å². The summed E-state index contributed by atoms with van der Waals surface area (Å²) >= 11 is 1.64. The van der Waals surface area contributed by atoms with Crippen molar-refractivity contribution in [2.24, 2.45) is 5.73 Å². The maximum atomic E-state index is 12.0. The third-order valence-corrected chi connectivity index (χ3v) is 3.03. The van der Waals surface area contributed by atoms with Crippen molar-refractivity contribution in [3.8, 4) is 0 Å². The molecule has 17 heavy (non-hydrogen) atoms. The van der Waals surface area contributed by atoms with Crippen LogP contribution in [0.1, 0.15) is 20.3 Å². The molecule has 100 valence electrons. The van der Waals surface area contributed by atoms with Gasteiger partial charge in [0.15, 0.2) is 0 Å². The normalized spacial score (nSPS) is 12.4. The number of carbonyl (C=O) groups excluding carboxylic acids is 2. The summed E-state index contributed by atoms with van der Waals surface area (Å²) in [6.45, 7) is 3.66. The molecule has 0 bridgehead atoms. The van der Waals surface area contributed by atoms with Crippen LogP contribution in [-0.2, 0) is 14.3 Å². The minimum atomic E-state index is -0.547. The minimum Gasteiger partial charge on any atom is -0.468 e. The first kappa shape index (κ1) is 16.2. The number of hydrogen-bond acceptors (Lipinski definition) is 5. The van der Waals surface area contributed by atoms with Gasteiger partial charge in [-0.05, 0) is 32.3 Å². The van der Waals surface area contributed by atoms with Gasteiger partial charge in [-0.3, -0.25) is 9.59 Å². The molecular weight excluding hydrogens is 240 g/mol. The van der Waals surface area contributed by atoms with Crippen LogP contribution in [0.5, 0.6) is 0 Å². The van der Waals surface area contributed by atoms with E-state index >= 15 is 0 Å². The second-order valence-electron chi connectivity index (χ2n) is 4.02. The van der Waals surface area contributed by atoms with Crippen LogP contribution in [0.2, 0.25) is 0 Å². The van der Waals surface area contributed by atoms with Crippen LogP contribution in [-0.4, -0.2) is 54.5 Å². The predicted octanol–water partition coefficient (Wildman–Crippen LogP) is 0.477. The third-order valence-electron chi connectivity index (χ3n) is 2.38. The molecule has 2 N–H and O–H groups in total. The van der Waals surface area contributed by atoms with Crippen molar-refractivity contribution >= 4 is 23.6 Å². The van der Waals surface area contributed by atoms with E-state index in [0.29, 0.717) is 6.42 Å². The molecule has 0 fully saturated rings. The fourth-order valence-electron chi connectivity index (χ4n) is 1.30. The van der Waals surface area contributed by atoms with Crippen molar-refractivity contribution in [1.29, 1.82) is 0 Å². The summed E-state index contributed by atoms with van der Waals surface area (Å²) in [7, 11) is 1.30. The molecule has 0 saturated heterocycles. The summed E-state index contributed by atoms with van der Waals surface area (Å²) in [6.07, 6.45) is 2.58. The van der Waals surface area contributed by atoms with E-state index in [1.807, 2.05) is 20.1 Å². The topological polar surface area (TPSA) is 72.6 Å². The molecule has 0 saturated carbocycles. The SMILES string of the molecule is COC(=O)CN(C(=O)[C@H](N)CCSC)C(C)C. The number of thioether (sulfide) groups is 1. The van der Waals surface area contributed by atoms with E-state index in [1.54, 1.807) is 11.8 Å². The van der Waals surface area contributed by atoms with Crippen molar-refractivity contribution in [3.05, 3.63) is 0 Å². The van der Waals surface area contributed by atoms with Gasteiger partial charge in [0.1, 0.15) is 6.54 Å². The third kappa shape index (κ3) is 5.93. The first-order valence-corrected chi connectivity index (χ1v) is 6.95. The first-order valence-electron chi connectivity index (χ1n) is 5.55. The Kier molecular flexibility index (Phi) is 7.99. The number of hydrogen-bond donors (Lipinski definition) is 1. The van der Waals surface area contributed by atoms with Crippen molar-refractivity contribution < 1.29 is 14.3 Å². The molecular formula is C11H22N2O3S. The van der Waals surface area contributed by atoms with Crippen molar-refractivity contribution in [1.82, 2.24) is 4.90 Å². The van der Waals surface area contributed by atoms with Gasteiger partial charge in [0.25, 0.3) is 0 Å². The van der Waals surface area contributed by atoms with Gasteiger partial charge in [0.05, 0.1) is 13.2 Å². The highest BCUT2D eigenvalue weighted by molar-refractivity contribution is 7.98. The summed E-state index contributed by atoms with van der Waals surface area (Å²) in [4.78, 5) is 24.7. The summed E-state index contributed by atoms with van der Waals surface area (Å²) in [5.74, 6) is 0.209. The maximum Gasteiger partial charge on any atom is 0.325 e. The summed E-state index contributed by atoms with van der Waals surface area (Å²) in [5.41, 5.74) is 5.80. The van der Waals surface area contributed by atoms with E-state index in [4.69, 9.17) is 5.73 Å². The fraction of sp³-hybridized carbons (Fsp3) is 0.818. The summed E-state index contributed by atoms with van der Waals surface area (Å²) in [6, 6.07) is -0.614. The van der Waals surface area contributed by atoms with Crippen LogP contribution in [0.25, 0.3) is 0 Å². The zero-order valence-corrected chi connectivity index (χ0v) is 11.8. The standard InChI is InChI=1S/C11H22N2O3S/c1-8(2)13(7-10(14)16-3)11(15)9(12)5-6-17-4/h8-9H,5-7,12H2,1-4H3/t9-/m1/s1. The van der Waals surface area contributed by atoms with Crippen LogP contribution in [0.3, 0.4) is 0 Å². The zero-order valence-electron chi connectivity index (χ0n) is 10.9. The lowest BCUT2D eigenvalue weighted by atomic mass is 10.2. The molecule has 0 aliphatic heterocycles. The molecule has 0 unspecified atom stereocenters.